The van der Waals surface area contributed by atoms with E-state index in [2.05, 4.69) is 69.5 Å². The lowest BCUT2D eigenvalue weighted by atomic mass is 9.50. The Hall–Kier alpha value is -2.10. The van der Waals surface area contributed by atoms with E-state index >= 15 is 0 Å². The zero-order valence-electron chi connectivity index (χ0n) is 25.7. The maximum absolute atomic E-state index is 14.4. The molecule has 3 unspecified atom stereocenters. The zero-order chi connectivity index (χ0) is 28.3. The van der Waals surface area contributed by atoms with Gasteiger partial charge in [-0.2, -0.15) is 0 Å². The van der Waals surface area contributed by atoms with Crippen LogP contribution >= 0.6 is 0 Å². The van der Waals surface area contributed by atoms with E-state index in [9.17, 15) is 9.59 Å². The standard InChI is InChI=1S/C36H52N2O2/c1-33(2,3)24-10-12-25(13-11-24)36(18-8-6-7-9-19-36)38-32(40)30-15-14-28-27-23-37-31-22-26(39)16-20-35(31,5)29(27)17-21-34(28,30)4/h10-13,22,27-30,37H,6-9,14-21,23H2,1-5H3,(H,38,40)/t27?,28?,29?,30-,34+,35-/m1/s1. The van der Waals surface area contributed by atoms with E-state index in [4.69, 9.17) is 0 Å². The molecule has 0 radical (unpaired) electrons. The van der Waals surface area contributed by atoms with Crippen LogP contribution in [0.5, 0.6) is 0 Å². The van der Waals surface area contributed by atoms with E-state index in [1.807, 2.05) is 6.08 Å². The molecule has 4 heteroatoms. The van der Waals surface area contributed by atoms with Gasteiger partial charge in [-0.05, 0) is 84.7 Å². The Bertz CT molecular complexity index is 1170. The second-order valence-corrected chi connectivity index (χ2v) is 15.7. The first-order chi connectivity index (χ1) is 19.0. The van der Waals surface area contributed by atoms with Crippen LogP contribution in [0.25, 0.3) is 0 Å². The molecule has 0 bridgehead atoms. The number of hydrogen-bond donors (Lipinski definition) is 2. The summed E-state index contributed by atoms with van der Waals surface area (Å²) < 4.78 is 0. The van der Waals surface area contributed by atoms with Gasteiger partial charge in [0, 0.05) is 36.1 Å². The van der Waals surface area contributed by atoms with Crippen LogP contribution < -0.4 is 10.6 Å². The summed E-state index contributed by atoms with van der Waals surface area (Å²) >= 11 is 0. The van der Waals surface area contributed by atoms with Gasteiger partial charge in [-0.25, -0.2) is 0 Å². The van der Waals surface area contributed by atoms with Crippen LogP contribution in [-0.2, 0) is 20.5 Å². The van der Waals surface area contributed by atoms with Crippen molar-refractivity contribution in [2.45, 2.75) is 123 Å². The van der Waals surface area contributed by atoms with E-state index in [0.29, 0.717) is 30.1 Å². The highest BCUT2D eigenvalue weighted by atomic mass is 16.2. The van der Waals surface area contributed by atoms with Crippen molar-refractivity contribution >= 4 is 11.7 Å². The monoisotopic (exact) mass is 544 g/mol. The number of nitrogens with one attached hydrogen (secondary N) is 2. The molecule has 218 valence electrons. The van der Waals surface area contributed by atoms with Crippen molar-refractivity contribution in [3.05, 3.63) is 47.2 Å². The number of rotatable bonds is 3. The van der Waals surface area contributed by atoms with E-state index in [1.165, 1.54) is 48.9 Å². The smallest absolute Gasteiger partial charge is 0.224 e. The largest absolute Gasteiger partial charge is 0.387 e. The van der Waals surface area contributed by atoms with Crippen molar-refractivity contribution in [1.29, 1.82) is 0 Å². The highest BCUT2D eigenvalue weighted by molar-refractivity contribution is 5.91. The van der Waals surface area contributed by atoms with Crippen LogP contribution in [0.3, 0.4) is 0 Å². The molecule has 5 aliphatic rings. The van der Waals surface area contributed by atoms with Gasteiger partial charge in [-0.1, -0.05) is 84.6 Å². The summed E-state index contributed by atoms with van der Waals surface area (Å²) in [4.78, 5) is 26.6. The quantitative estimate of drug-likeness (QED) is 0.386. The van der Waals surface area contributed by atoms with Gasteiger partial charge in [0.25, 0.3) is 0 Å². The van der Waals surface area contributed by atoms with Crippen molar-refractivity contribution in [1.82, 2.24) is 10.6 Å². The Morgan fingerprint density at radius 1 is 0.900 bits per heavy atom. The first-order valence-electron chi connectivity index (χ1n) is 16.4. The fraction of sp³-hybridized carbons (Fsp3) is 0.722. The molecule has 4 nitrogen and oxygen atoms in total. The van der Waals surface area contributed by atoms with Gasteiger partial charge in [-0.15, -0.1) is 0 Å². The summed E-state index contributed by atoms with van der Waals surface area (Å²) in [5, 5.41) is 7.50. The number of ketones is 1. The van der Waals surface area contributed by atoms with Crippen LogP contribution in [0.2, 0.25) is 0 Å². The lowest BCUT2D eigenvalue weighted by molar-refractivity contribution is -0.134. The number of piperidine rings is 1. The van der Waals surface area contributed by atoms with Crippen LogP contribution in [-0.4, -0.2) is 18.2 Å². The number of carbonyl (C=O) groups is 2. The highest BCUT2D eigenvalue weighted by Gasteiger charge is 2.60. The minimum Gasteiger partial charge on any atom is -0.387 e. The first-order valence-corrected chi connectivity index (χ1v) is 16.4. The Labute approximate surface area is 242 Å². The molecular formula is C36H52N2O2. The molecule has 1 heterocycles. The molecule has 3 saturated carbocycles. The molecule has 1 aliphatic heterocycles. The van der Waals surface area contributed by atoms with Gasteiger partial charge < -0.3 is 10.6 Å². The highest BCUT2D eigenvalue weighted by Crippen LogP contribution is 2.64. The van der Waals surface area contributed by atoms with Crippen LogP contribution in [0.1, 0.15) is 123 Å². The van der Waals surface area contributed by atoms with Gasteiger partial charge in [-0.3, -0.25) is 9.59 Å². The average Bonchev–Trinajstić information content (AvgIpc) is 3.10. The predicted octanol–water partition coefficient (Wildman–Crippen LogP) is 7.56. The summed E-state index contributed by atoms with van der Waals surface area (Å²) in [6, 6.07) is 9.21. The lowest BCUT2D eigenvalue weighted by Crippen LogP contribution is -2.58. The Balaban J connectivity index is 1.24. The molecular weight excluding hydrogens is 492 g/mol. The fourth-order valence-corrected chi connectivity index (χ4v) is 10.0. The molecule has 1 aromatic rings. The van der Waals surface area contributed by atoms with Crippen LogP contribution in [0.4, 0.5) is 0 Å². The number of hydrogen-bond acceptors (Lipinski definition) is 3. The molecule has 1 aromatic carbocycles. The summed E-state index contributed by atoms with van der Waals surface area (Å²) in [5.74, 6) is 2.44. The summed E-state index contributed by atoms with van der Waals surface area (Å²) in [6.45, 7) is 12.6. The molecule has 6 atom stereocenters. The molecule has 1 amide bonds. The number of benzene rings is 1. The molecule has 40 heavy (non-hydrogen) atoms. The topological polar surface area (TPSA) is 58.2 Å². The SMILES string of the molecule is CC(C)(C)c1ccc(C2(NC(=O)[C@H]3CCC4C5CNC6=CC(=O)CC[C@]6(C)C5CC[C@@]43C)CCCCCC2)cc1. The van der Waals surface area contributed by atoms with Crippen molar-refractivity contribution in [2.75, 3.05) is 6.54 Å². The van der Waals surface area contributed by atoms with Gasteiger partial charge >= 0.3 is 0 Å². The molecule has 4 fully saturated rings. The molecule has 2 N–H and O–H groups in total. The Morgan fingerprint density at radius 3 is 2.27 bits per heavy atom. The Kier molecular flexibility index (Phi) is 7.02. The number of allylic oxidation sites excluding steroid dienone is 2. The molecule has 6 rings (SSSR count). The van der Waals surface area contributed by atoms with Crippen LogP contribution in [0, 0.1) is 34.5 Å². The number of carbonyl (C=O) groups excluding carboxylic acids is 2. The van der Waals surface area contributed by atoms with Gasteiger partial charge in [0.1, 0.15) is 0 Å². The molecule has 0 aromatic heterocycles. The summed E-state index contributed by atoms with van der Waals surface area (Å²) in [5.41, 5.74) is 3.86. The predicted molar refractivity (Wildman–Crippen MR) is 162 cm³/mol. The number of amides is 1. The van der Waals surface area contributed by atoms with Crippen molar-refractivity contribution in [3.8, 4) is 0 Å². The molecule has 0 spiro atoms. The minimum absolute atomic E-state index is 0.0526. The fourth-order valence-electron chi connectivity index (χ4n) is 10.0. The molecule has 1 saturated heterocycles. The Morgan fingerprint density at radius 2 is 1.60 bits per heavy atom. The molecule has 4 aliphatic carbocycles. The normalized spacial score (nSPS) is 37.2. The van der Waals surface area contributed by atoms with Gasteiger partial charge in [0.05, 0.1) is 5.54 Å². The third kappa shape index (κ3) is 4.56. The van der Waals surface area contributed by atoms with Gasteiger partial charge in [0.2, 0.25) is 5.91 Å². The maximum atomic E-state index is 14.4. The van der Waals surface area contributed by atoms with E-state index in [0.717, 1.165) is 45.1 Å². The zero-order valence-corrected chi connectivity index (χ0v) is 25.7. The average molecular weight is 545 g/mol. The van der Waals surface area contributed by atoms with Crippen molar-refractivity contribution in [2.24, 2.45) is 34.5 Å². The van der Waals surface area contributed by atoms with Gasteiger partial charge in [0.15, 0.2) is 5.78 Å². The van der Waals surface area contributed by atoms with Crippen LogP contribution in [0.15, 0.2) is 36.0 Å². The minimum atomic E-state index is -0.246. The third-order valence-corrected chi connectivity index (χ3v) is 12.5. The number of fused-ring (bicyclic) bond motifs is 5. The van der Waals surface area contributed by atoms with E-state index in [-0.39, 0.29) is 33.5 Å². The second-order valence-electron chi connectivity index (χ2n) is 15.7. The second kappa shape index (κ2) is 10.0. The van der Waals surface area contributed by atoms with Crippen molar-refractivity contribution in [3.63, 3.8) is 0 Å². The van der Waals surface area contributed by atoms with E-state index in [1.54, 1.807) is 0 Å². The lowest BCUT2D eigenvalue weighted by Gasteiger charge is -2.58. The summed E-state index contributed by atoms with van der Waals surface area (Å²) in [7, 11) is 0. The first kappa shape index (κ1) is 28.0. The maximum Gasteiger partial charge on any atom is 0.224 e. The third-order valence-electron chi connectivity index (χ3n) is 12.5. The van der Waals surface area contributed by atoms with E-state index < -0.39 is 0 Å². The summed E-state index contributed by atoms with van der Waals surface area (Å²) in [6.07, 6.45) is 15.0. The van der Waals surface area contributed by atoms with Crippen molar-refractivity contribution < 1.29 is 9.59 Å².